The van der Waals surface area contributed by atoms with Gasteiger partial charge in [0, 0.05) is 16.5 Å². The molecule has 0 aliphatic heterocycles. The number of para-hydroxylation sites is 1. The number of benzene rings is 2. The molecular formula is C14H13NO3S. The third kappa shape index (κ3) is 3.26. The first-order valence-corrected chi connectivity index (χ1v) is 6.62. The summed E-state index contributed by atoms with van der Waals surface area (Å²) in [4.78, 5) is 11.5. The second-order valence-electron chi connectivity index (χ2n) is 3.86. The summed E-state index contributed by atoms with van der Waals surface area (Å²) in [5, 5.41) is 11.0. The Labute approximate surface area is 115 Å². The van der Waals surface area contributed by atoms with Gasteiger partial charge in [0.05, 0.1) is 17.0 Å². The van der Waals surface area contributed by atoms with Gasteiger partial charge in [0.15, 0.2) is 0 Å². The first-order valence-electron chi connectivity index (χ1n) is 5.88. The quantitative estimate of drug-likeness (QED) is 0.465. The Balaban J connectivity index is 2.25. The number of hydrogen-bond acceptors (Lipinski definition) is 4. The van der Waals surface area contributed by atoms with E-state index in [1.54, 1.807) is 6.07 Å². The Bertz CT molecular complexity index is 572. The predicted octanol–water partition coefficient (Wildman–Crippen LogP) is 4.24. The third-order valence-electron chi connectivity index (χ3n) is 2.62. The van der Waals surface area contributed by atoms with Crippen molar-refractivity contribution >= 4 is 17.7 Å². The summed E-state index contributed by atoms with van der Waals surface area (Å²) in [5.74, 6) is 0.337. The van der Waals surface area contributed by atoms with E-state index in [0.717, 1.165) is 22.5 Å². The van der Waals surface area contributed by atoms with Gasteiger partial charge < -0.3 is 4.18 Å². The van der Waals surface area contributed by atoms with Gasteiger partial charge in [0.2, 0.25) is 5.75 Å². The number of nitro groups is 1. The van der Waals surface area contributed by atoms with Gasteiger partial charge in [-0.1, -0.05) is 37.3 Å². The zero-order valence-electron chi connectivity index (χ0n) is 10.4. The maximum atomic E-state index is 11.0. The van der Waals surface area contributed by atoms with Crippen LogP contribution in [0.1, 0.15) is 12.5 Å². The maximum absolute atomic E-state index is 11.0. The van der Waals surface area contributed by atoms with E-state index in [1.807, 2.05) is 43.3 Å². The minimum Gasteiger partial charge on any atom is -0.413 e. The van der Waals surface area contributed by atoms with E-state index in [4.69, 9.17) is 4.18 Å². The standard InChI is InChI=1S/C14H13NO3S/c1-2-11-7-6-10-13(15(16)17)14(11)18-19-12-8-4-3-5-9-12/h3-10H,2H2,1H3. The molecule has 0 atom stereocenters. The minimum atomic E-state index is -0.417. The van der Waals surface area contributed by atoms with E-state index in [-0.39, 0.29) is 5.69 Å². The topological polar surface area (TPSA) is 52.4 Å². The van der Waals surface area contributed by atoms with Gasteiger partial charge >= 0.3 is 5.69 Å². The van der Waals surface area contributed by atoms with Gasteiger partial charge in [-0.3, -0.25) is 10.1 Å². The second-order valence-corrected chi connectivity index (χ2v) is 4.66. The van der Waals surface area contributed by atoms with E-state index in [1.165, 1.54) is 6.07 Å². The molecule has 0 aliphatic rings. The van der Waals surface area contributed by atoms with E-state index >= 15 is 0 Å². The lowest BCUT2D eigenvalue weighted by atomic mass is 10.1. The number of nitro benzene ring substituents is 1. The molecule has 0 fully saturated rings. The molecule has 0 aliphatic carbocycles. The number of nitrogens with zero attached hydrogens (tertiary/aromatic N) is 1. The first-order chi connectivity index (χ1) is 9.22. The first kappa shape index (κ1) is 13.4. The second kappa shape index (κ2) is 6.24. The summed E-state index contributed by atoms with van der Waals surface area (Å²) in [5.41, 5.74) is 0.834. The highest BCUT2D eigenvalue weighted by molar-refractivity contribution is 7.95. The summed E-state index contributed by atoms with van der Waals surface area (Å²) < 4.78 is 5.58. The van der Waals surface area contributed by atoms with Crippen LogP contribution in [0.3, 0.4) is 0 Å². The fourth-order valence-electron chi connectivity index (χ4n) is 1.66. The molecule has 2 aromatic carbocycles. The summed E-state index contributed by atoms with van der Waals surface area (Å²) >= 11 is 1.13. The summed E-state index contributed by atoms with van der Waals surface area (Å²) in [6, 6.07) is 14.5. The largest absolute Gasteiger partial charge is 0.413 e. The summed E-state index contributed by atoms with van der Waals surface area (Å²) in [7, 11) is 0. The van der Waals surface area contributed by atoms with Crippen molar-refractivity contribution in [2.75, 3.05) is 0 Å². The van der Waals surface area contributed by atoms with Crippen LogP contribution in [0.15, 0.2) is 53.4 Å². The highest BCUT2D eigenvalue weighted by Gasteiger charge is 2.18. The summed E-state index contributed by atoms with van der Waals surface area (Å²) in [6.45, 7) is 1.94. The van der Waals surface area contributed by atoms with Gasteiger partial charge in [-0.15, -0.1) is 0 Å². The van der Waals surface area contributed by atoms with Crippen LogP contribution in [-0.4, -0.2) is 4.92 Å². The van der Waals surface area contributed by atoms with Crippen molar-refractivity contribution in [1.82, 2.24) is 0 Å². The van der Waals surface area contributed by atoms with Crippen LogP contribution >= 0.6 is 12.0 Å². The van der Waals surface area contributed by atoms with Crippen molar-refractivity contribution in [2.24, 2.45) is 0 Å². The van der Waals surface area contributed by atoms with Gasteiger partial charge in [-0.25, -0.2) is 0 Å². The SMILES string of the molecule is CCc1cccc([N+](=O)[O-])c1OSc1ccccc1. The zero-order chi connectivity index (χ0) is 13.7. The van der Waals surface area contributed by atoms with Gasteiger partial charge in [-0.2, -0.15) is 0 Å². The van der Waals surface area contributed by atoms with Crippen LogP contribution in [0.4, 0.5) is 5.69 Å². The van der Waals surface area contributed by atoms with Crippen LogP contribution in [0.25, 0.3) is 0 Å². The lowest BCUT2D eigenvalue weighted by Gasteiger charge is -2.08. The van der Waals surface area contributed by atoms with Crippen molar-refractivity contribution in [3.8, 4) is 5.75 Å². The van der Waals surface area contributed by atoms with Crippen molar-refractivity contribution in [1.29, 1.82) is 0 Å². The molecule has 0 saturated carbocycles. The highest BCUT2D eigenvalue weighted by atomic mass is 32.2. The molecule has 2 rings (SSSR count). The molecular weight excluding hydrogens is 262 g/mol. The highest BCUT2D eigenvalue weighted by Crippen LogP contribution is 2.35. The van der Waals surface area contributed by atoms with Crippen LogP contribution in [-0.2, 0) is 6.42 Å². The molecule has 2 aromatic rings. The Hall–Kier alpha value is -2.01. The predicted molar refractivity (Wildman–Crippen MR) is 75.4 cm³/mol. The normalized spacial score (nSPS) is 10.2. The van der Waals surface area contributed by atoms with Gasteiger partial charge in [0.25, 0.3) is 0 Å². The molecule has 19 heavy (non-hydrogen) atoms. The third-order valence-corrected chi connectivity index (χ3v) is 3.33. The zero-order valence-corrected chi connectivity index (χ0v) is 11.2. The molecule has 0 spiro atoms. The smallest absolute Gasteiger partial charge is 0.312 e. The lowest BCUT2D eigenvalue weighted by molar-refractivity contribution is -0.385. The van der Waals surface area contributed by atoms with E-state index < -0.39 is 4.92 Å². The fourth-order valence-corrected chi connectivity index (χ4v) is 2.30. The number of aryl methyl sites for hydroxylation is 1. The Morgan fingerprint density at radius 1 is 1.16 bits per heavy atom. The van der Waals surface area contributed by atoms with E-state index in [9.17, 15) is 10.1 Å². The molecule has 0 saturated heterocycles. The van der Waals surface area contributed by atoms with Crippen LogP contribution < -0.4 is 4.18 Å². The Kier molecular flexibility index (Phi) is 4.41. The molecule has 0 N–H and O–H groups in total. The molecule has 98 valence electrons. The summed E-state index contributed by atoms with van der Waals surface area (Å²) in [6.07, 6.45) is 0.687. The molecule has 0 unspecified atom stereocenters. The molecule has 0 radical (unpaired) electrons. The van der Waals surface area contributed by atoms with Gasteiger partial charge in [0.1, 0.15) is 0 Å². The molecule has 4 nitrogen and oxygen atoms in total. The average Bonchev–Trinajstić information content (AvgIpc) is 2.45. The molecule has 0 amide bonds. The van der Waals surface area contributed by atoms with Crippen LogP contribution in [0, 0.1) is 10.1 Å². The Morgan fingerprint density at radius 2 is 1.89 bits per heavy atom. The van der Waals surface area contributed by atoms with Crippen LogP contribution in [0.2, 0.25) is 0 Å². The van der Waals surface area contributed by atoms with Crippen molar-refractivity contribution < 1.29 is 9.11 Å². The molecule has 0 aromatic heterocycles. The fraction of sp³-hybridized carbons (Fsp3) is 0.143. The minimum absolute atomic E-state index is 0.00258. The Morgan fingerprint density at radius 3 is 2.53 bits per heavy atom. The number of rotatable bonds is 5. The van der Waals surface area contributed by atoms with E-state index in [2.05, 4.69) is 0 Å². The molecule has 5 heteroatoms. The van der Waals surface area contributed by atoms with Crippen LogP contribution in [0.5, 0.6) is 5.75 Å². The van der Waals surface area contributed by atoms with Crippen molar-refractivity contribution in [2.45, 2.75) is 18.2 Å². The monoisotopic (exact) mass is 275 g/mol. The van der Waals surface area contributed by atoms with Gasteiger partial charge in [-0.05, 0) is 18.6 Å². The number of hydrogen-bond donors (Lipinski definition) is 0. The maximum Gasteiger partial charge on any atom is 0.312 e. The molecule has 0 heterocycles. The average molecular weight is 275 g/mol. The lowest BCUT2D eigenvalue weighted by Crippen LogP contribution is -1.96. The van der Waals surface area contributed by atoms with E-state index in [0.29, 0.717) is 12.2 Å². The van der Waals surface area contributed by atoms with Crippen molar-refractivity contribution in [3.63, 3.8) is 0 Å². The molecule has 0 bridgehead atoms. The van der Waals surface area contributed by atoms with Crippen molar-refractivity contribution in [3.05, 3.63) is 64.2 Å².